The fourth-order valence-electron chi connectivity index (χ4n) is 4.03. The lowest BCUT2D eigenvalue weighted by molar-refractivity contribution is -0.0293. The molecule has 0 atom stereocenters. The van der Waals surface area contributed by atoms with Crippen LogP contribution in [-0.2, 0) is 12.1 Å². The van der Waals surface area contributed by atoms with Gasteiger partial charge in [0.25, 0.3) is 0 Å². The van der Waals surface area contributed by atoms with Crippen LogP contribution in [0.25, 0.3) is 0 Å². The second kappa shape index (κ2) is 7.41. The standard InChI is InChI=1S/C21H31N3O2/c1-15(2)24-17(4)18(16(3)22-24)14-23-12-10-21(25,11-13-23)19-8-6-7-9-20(19)26-5/h6-9,15,25H,10-14H2,1-5H3. The summed E-state index contributed by atoms with van der Waals surface area (Å²) in [6.45, 7) is 11.2. The van der Waals surface area contributed by atoms with Gasteiger partial charge in [-0.25, -0.2) is 0 Å². The van der Waals surface area contributed by atoms with Crippen molar-refractivity contribution in [3.05, 3.63) is 46.8 Å². The Kier molecular flexibility index (Phi) is 5.39. The Balaban J connectivity index is 1.71. The first-order chi connectivity index (χ1) is 12.4. The second-order valence-electron chi connectivity index (χ2n) is 7.70. The van der Waals surface area contributed by atoms with Crippen LogP contribution in [0, 0.1) is 13.8 Å². The average Bonchev–Trinajstić information content (AvgIpc) is 2.92. The highest BCUT2D eigenvalue weighted by Gasteiger charge is 2.36. The van der Waals surface area contributed by atoms with Crippen molar-refractivity contribution in [1.82, 2.24) is 14.7 Å². The number of ether oxygens (including phenoxy) is 1. The minimum Gasteiger partial charge on any atom is -0.496 e. The summed E-state index contributed by atoms with van der Waals surface area (Å²) in [6, 6.07) is 8.19. The molecule has 1 N–H and O–H groups in total. The van der Waals surface area contributed by atoms with Crippen molar-refractivity contribution in [2.45, 2.75) is 58.7 Å². The number of hydrogen-bond acceptors (Lipinski definition) is 4. The highest BCUT2D eigenvalue weighted by atomic mass is 16.5. The van der Waals surface area contributed by atoms with Gasteiger partial charge in [0, 0.05) is 42.5 Å². The van der Waals surface area contributed by atoms with Crippen molar-refractivity contribution in [3.8, 4) is 5.75 Å². The van der Waals surface area contributed by atoms with Gasteiger partial charge in [-0.2, -0.15) is 5.10 Å². The molecule has 1 aliphatic rings. The number of hydrogen-bond donors (Lipinski definition) is 1. The molecule has 0 saturated carbocycles. The molecule has 1 aliphatic heterocycles. The van der Waals surface area contributed by atoms with E-state index in [1.165, 1.54) is 11.3 Å². The molecule has 0 aliphatic carbocycles. The van der Waals surface area contributed by atoms with Crippen molar-refractivity contribution in [2.24, 2.45) is 0 Å². The highest BCUT2D eigenvalue weighted by Crippen LogP contribution is 2.38. The number of nitrogens with zero attached hydrogens (tertiary/aromatic N) is 3. The number of methoxy groups -OCH3 is 1. The third kappa shape index (κ3) is 3.51. The normalized spacial score (nSPS) is 17.7. The number of aromatic nitrogens is 2. The Morgan fingerprint density at radius 3 is 2.42 bits per heavy atom. The molecule has 3 rings (SSSR count). The van der Waals surface area contributed by atoms with E-state index in [9.17, 15) is 5.11 Å². The Morgan fingerprint density at radius 1 is 1.19 bits per heavy atom. The van der Waals surface area contributed by atoms with Crippen LogP contribution < -0.4 is 4.74 Å². The van der Waals surface area contributed by atoms with Gasteiger partial charge in [-0.3, -0.25) is 9.58 Å². The molecule has 2 aromatic rings. The van der Waals surface area contributed by atoms with Crippen LogP contribution in [0.4, 0.5) is 0 Å². The van der Waals surface area contributed by atoms with Gasteiger partial charge in [-0.1, -0.05) is 18.2 Å². The van der Waals surface area contributed by atoms with Crippen LogP contribution in [0.3, 0.4) is 0 Å². The van der Waals surface area contributed by atoms with Crippen molar-refractivity contribution in [2.75, 3.05) is 20.2 Å². The number of rotatable bonds is 5. The van der Waals surface area contributed by atoms with Crippen molar-refractivity contribution >= 4 is 0 Å². The minimum absolute atomic E-state index is 0.374. The molecular formula is C21H31N3O2. The molecule has 1 aromatic carbocycles. The fourth-order valence-corrected chi connectivity index (χ4v) is 4.03. The van der Waals surface area contributed by atoms with E-state index in [2.05, 4.69) is 37.3 Å². The molecular weight excluding hydrogens is 326 g/mol. The molecule has 1 aromatic heterocycles. The molecule has 0 radical (unpaired) electrons. The van der Waals surface area contributed by atoms with Crippen LogP contribution in [0.5, 0.6) is 5.75 Å². The van der Waals surface area contributed by atoms with Gasteiger partial charge in [0.05, 0.1) is 18.4 Å². The van der Waals surface area contributed by atoms with Gasteiger partial charge in [0.15, 0.2) is 0 Å². The van der Waals surface area contributed by atoms with E-state index >= 15 is 0 Å². The number of benzene rings is 1. The number of aryl methyl sites for hydroxylation is 1. The highest BCUT2D eigenvalue weighted by molar-refractivity contribution is 5.38. The fraction of sp³-hybridized carbons (Fsp3) is 0.571. The van der Waals surface area contributed by atoms with Gasteiger partial charge in [0.1, 0.15) is 5.75 Å². The Labute approximate surface area is 156 Å². The zero-order chi connectivity index (χ0) is 18.9. The summed E-state index contributed by atoms with van der Waals surface area (Å²) in [6.07, 6.45) is 1.42. The maximum absolute atomic E-state index is 11.2. The van der Waals surface area contributed by atoms with Gasteiger partial charge in [0.2, 0.25) is 0 Å². The Bertz CT molecular complexity index is 759. The van der Waals surface area contributed by atoms with E-state index in [1.54, 1.807) is 7.11 Å². The molecule has 142 valence electrons. The molecule has 5 nitrogen and oxygen atoms in total. The third-order valence-electron chi connectivity index (χ3n) is 5.64. The molecule has 0 amide bonds. The number of aliphatic hydroxyl groups is 1. The predicted molar refractivity (Wildman–Crippen MR) is 103 cm³/mol. The van der Waals surface area contributed by atoms with Gasteiger partial charge in [-0.05, 0) is 46.6 Å². The number of para-hydroxylation sites is 1. The van der Waals surface area contributed by atoms with E-state index in [0.717, 1.165) is 36.6 Å². The molecule has 26 heavy (non-hydrogen) atoms. The molecule has 1 fully saturated rings. The van der Waals surface area contributed by atoms with Gasteiger partial charge in [-0.15, -0.1) is 0 Å². The summed E-state index contributed by atoms with van der Waals surface area (Å²) in [4.78, 5) is 2.42. The van der Waals surface area contributed by atoms with E-state index < -0.39 is 5.60 Å². The quantitative estimate of drug-likeness (QED) is 0.889. The van der Waals surface area contributed by atoms with Crippen LogP contribution in [0.2, 0.25) is 0 Å². The maximum atomic E-state index is 11.2. The molecule has 2 heterocycles. The van der Waals surface area contributed by atoms with Crippen LogP contribution in [0.1, 0.15) is 55.2 Å². The van der Waals surface area contributed by atoms with Crippen LogP contribution in [-0.4, -0.2) is 40.0 Å². The van der Waals surface area contributed by atoms with E-state index in [1.807, 2.05) is 24.3 Å². The first-order valence-corrected chi connectivity index (χ1v) is 9.48. The molecule has 1 saturated heterocycles. The summed E-state index contributed by atoms with van der Waals surface area (Å²) >= 11 is 0. The van der Waals surface area contributed by atoms with E-state index in [-0.39, 0.29) is 0 Å². The summed E-state index contributed by atoms with van der Waals surface area (Å²) in [5.41, 5.74) is 3.78. The average molecular weight is 357 g/mol. The van der Waals surface area contributed by atoms with E-state index in [0.29, 0.717) is 18.9 Å². The first-order valence-electron chi connectivity index (χ1n) is 9.48. The number of likely N-dealkylation sites (tertiary alicyclic amines) is 1. The molecule has 0 unspecified atom stereocenters. The van der Waals surface area contributed by atoms with Gasteiger partial charge < -0.3 is 9.84 Å². The zero-order valence-corrected chi connectivity index (χ0v) is 16.6. The van der Waals surface area contributed by atoms with Crippen molar-refractivity contribution < 1.29 is 9.84 Å². The smallest absolute Gasteiger partial charge is 0.124 e. The zero-order valence-electron chi connectivity index (χ0n) is 16.6. The van der Waals surface area contributed by atoms with Crippen LogP contribution >= 0.6 is 0 Å². The summed E-state index contributed by atoms with van der Waals surface area (Å²) in [5, 5.41) is 15.9. The minimum atomic E-state index is -0.810. The lowest BCUT2D eigenvalue weighted by Gasteiger charge is -2.39. The SMILES string of the molecule is COc1ccccc1C1(O)CCN(Cc2c(C)nn(C(C)C)c2C)CC1. The summed E-state index contributed by atoms with van der Waals surface area (Å²) < 4.78 is 7.57. The molecule has 5 heteroatoms. The summed E-state index contributed by atoms with van der Waals surface area (Å²) in [5.74, 6) is 0.772. The molecule has 0 spiro atoms. The topological polar surface area (TPSA) is 50.5 Å². The second-order valence-corrected chi connectivity index (χ2v) is 7.70. The lowest BCUT2D eigenvalue weighted by Crippen LogP contribution is -2.42. The van der Waals surface area contributed by atoms with Gasteiger partial charge >= 0.3 is 0 Å². The largest absolute Gasteiger partial charge is 0.496 e. The molecule has 0 bridgehead atoms. The Morgan fingerprint density at radius 2 is 1.85 bits per heavy atom. The monoisotopic (exact) mass is 357 g/mol. The summed E-state index contributed by atoms with van der Waals surface area (Å²) in [7, 11) is 1.66. The maximum Gasteiger partial charge on any atom is 0.124 e. The van der Waals surface area contributed by atoms with E-state index in [4.69, 9.17) is 9.84 Å². The first kappa shape index (κ1) is 18.9. The van der Waals surface area contributed by atoms with Crippen molar-refractivity contribution in [1.29, 1.82) is 0 Å². The van der Waals surface area contributed by atoms with Crippen molar-refractivity contribution in [3.63, 3.8) is 0 Å². The van der Waals surface area contributed by atoms with Crippen LogP contribution in [0.15, 0.2) is 24.3 Å². The third-order valence-corrected chi connectivity index (χ3v) is 5.64. The lowest BCUT2D eigenvalue weighted by atomic mass is 9.83. The predicted octanol–water partition coefficient (Wildman–Crippen LogP) is 3.57. The Hall–Kier alpha value is -1.85. The number of piperidine rings is 1.